The van der Waals surface area contributed by atoms with Crippen molar-refractivity contribution in [2.45, 2.75) is 46.6 Å². The van der Waals surface area contributed by atoms with E-state index in [2.05, 4.69) is 87.5 Å². The Morgan fingerprint density at radius 3 is 2.38 bits per heavy atom. The molecule has 0 aliphatic carbocycles. The van der Waals surface area contributed by atoms with Crippen molar-refractivity contribution in [3.8, 4) is 0 Å². The maximum Gasteiger partial charge on any atom is 0.0819 e. The molecule has 1 unspecified atom stereocenters. The van der Waals surface area contributed by atoms with Gasteiger partial charge in [0.05, 0.1) is 6.04 Å². The van der Waals surface area contributed by atoms with E-state index in [9.17, 15) is 0 Å². The lowest BCUT2D eigenvalue weighted by Gasteiger charge is -2.40. The third-order valence-corrected chi connectivity index (χ3v) is 3.87. The lowest BCUT2D eigenvalue weighted by Crippen LogP contribution is -2.33. The summed E-state index contributed by atoms with van der Waals surface area (Å²) in [5, 5.41) is 6.43. The van der Waals surface area contributed by atoms with Crippen LogP contribution in [0.3, 0.4) is 0 Å². The van der Waals surface area contributed by atoms with Gasteiger partial charge in [-0.25, -0.2) is 0 Å². The summed E-state index contributed by atoms with van der Waals surface area (Å²) in [6.07, 6.45) is 4.15. The van der Waals surface area contributed by atoms with Crippen LogP contribution in [0.1, 0.15) is 52.1 Å². The van der Waals surface area contributed by atoms with E-state index >= 15 is 0 Å². The van der Waals surface area contributed by atoms with Gasteiger partial charge in [-0.3, -0.25) is 5.01 Å². The molecule has 2 nitrogen and oxygen atoms in total. The lowest BCUT2D eigenvalue weighted by molar-refractivity contribution is 0.134. The molecule has 1 aromatic rings. The van der Waals surface area contributed by atoms with Gasteiger partial charge in [-0.1, -0.05) is 57.2 Å². The Bertz CT molecular complexity index is 460. The smallest absolute Gasteiger partial charge is 0.0819 e. The monoisotopic (exact) mass is 304 g/mol. The second-order valence-corrected chi connectivity index (χ2v) is 6.72. The van der Waals surface area contributed by atoms with Crippen molar-refractivity contribution in [3.05, 3.63) is 47.7 Å². The van der Waals surface area contributed by atoms with E-state index in [1.165, 1.54) is 11.3 Å². The zero-order valence-corrected chi connectivity index (χ0v) is 14.6. The molecular formula is C18H28N2S. The molecule has 0 heterocycles. The molecule has 116 valence electrons. The molecule has 1 rings (SSSR count). The first-order valence-corrected chi connectivity index (χ1v) is 8.15. The van der Waals surface area contributed by atoms with Crippen LogP contribution < -0.4 is 0 Å². The number of nitrogens with zero attached hydrogens (tertiary/aromatic N) is 2. The number of hydrazone groups is 1. The minimum absolute atomic E-state index is 0.0533. The van der Waals surface area contributed by atoms with Crippen LogP contribution in [0.15, 0.2) is 47.2 Å². The van der Waals surface area contributed by atoms with Crippen molar-refractivity contribution < 1.29 is 0 Å². The molecule has 0 saturated heterocycles. The predicted molar refractivity (Wildman–Crippen MR) is 96.9 cm³/mol. The highest BCUT2D eigenvalue weighted by atomic mass is 32.1. The van der Waals surface area contributed by atoms with Crippen LogP contribution in [0.2, 0.25) is 0 Å². The fourth-order valence-electron chi connectivity index (χ4n) is 2.63. The van der Waals surface area contributed by atoms with Crippen LogP contribution in [-0.4, -0.2) is 17.5 Å². The van der Waals surface area contributed by atoms with Crippen molar-refractivity contribution >= 4 is 19.3 Å². The minimum atomic E-state index is 0.0533. The van der Waals surface area contributed by atoms with Crippen LogP contribution in [0.25, 0.3) is 0 Å². The summed E-state index contributed by atoms with van der Waals surface area (Å²) >= 11 is 4.32. The molecule has 3 heteroatoms. The molecule has 0 radical (unpaired) electrons. The Morgan fingerprint density at radius 2 is 1.95 bits per heavy atom. The molecule has 0 N–H and O–H groups in total. The molecule has 21 heavy (non-hydrogen) atoms. The standard InChI is InChI=1S/C18H28N2S/c1-6-16(13-10-14-21)20(19-5)17(18(2,3)4)15-11-8-7-9-12-15/h6-9,11-12,17,21H,5,10,13-14H2,1-4H3/b16-6-. The number of hydrogen-bond donors (Lipinski definition) is 1. The number of allylic oxidation sites excluding steroid dienone is 2. The van der Waals surface area contributed by atoms with Gasteiger partial charge in [0.1, 0.15) is 0 Å². The zero-order chi connectivity index (χ0) is 15.9. The first-order chi connectivity index (χ1) is 9.95. The average molecular weight is 305 g/mol. The van der Waals surface area contributed by atoms with E-state index in [1.54, 1.807) is 0 Å². The van der Waals surface area contributed by atoms with Gasteiger partial charge in [0.2, 0.25) is 0 Å². The van der Waals surface area contributed by atoms with Gasteiger partial charge in [0.25, 0.3) is 0 Å². The van der Waals surface area contributed by atoms with Gasteiger partial charge >= 0.3 is 0 Å². The normalized spacial score (nSPS) is 13.9. The summed E-state index contributed by atoms with van der Waals surface area (Å²) in [6.45, 7) is 12.6. The molecule has 0 fully saturated rings. The molecule has 0 spiro atoms. The van der Waals surface area contributed by atoms with Crippen molar-refractivity contribution in [3.63, 3.8) is 0 Å². The molecule has 0 aliphatic heterocycles. The number of thiol groups is 1. The van der Waals surface area contributed by atoms with Gasteiger partial charge < -0.3 is 0 Å². The van der Waals surface area contributed by atoms with Crippen molar-refractivity contribution in [2.75, 3.05) is 5.75 Å². The Kier molecular flexibility index (Phi) is 7.03. The maximum absolute atomic E-state index is 4.35. The second-order valence-electron chi connectivity index (χ2n) is 6.27. The number of hydrogen-bond acceptors (Lipinski definition) is 3. The van der Waals surface area contributed by atoms with E-state index in [-0.39, 0.29) is 11.5 Å². The largest absolute Gasteiger partial charge is 0.263 e. The van der Waals surface area contributed by atoms with E-state index in [0.29, 0.717) is 0 Å². The molecule has 1 atom stereocenters. The van der Waals surface area contributed by atoms with Crippen molar-refractivity contribution in [1.29, 1.82) is 0 Å². The molecular weight excluding hydrogens is 276 g/mol. The van der Waals surface area contributed by atoms with Crippen LogP contribution >= 0.6 is 12.6 Å². The summed E-state index contributed by atoms with van der Waals surface area (Å²) in [5.41, 5.74) is 2.53. The van der Waals surface area contributed by atoms with Gasteiger partial charge in [-0.05, 0) is 36.5 Å². The number of rotatable bonds is 7. The highest BCUT2D eigenvalue weighted by molar-refractivity contribution is 7.80. The summed E-state index contributed by atoms with van der Waals surface area (Å²) in [7, 11) is 0. The SMILES string of the molecule is C=NN(/C(=C\C)CCCS)C(c1ccccc1)C(C)(C)C. The third kappa shape index (κ3) is 4.92. The predicted octanol–water partition coefficient (Wildman–Crippen LogP) is 5.31. The Hall–Kier alpha value is -1.22. The van der Waals surface area contributed by atoms with Crippen LogP contribution in [0.5, 0.6) is 0 Å². The quantitative estimate of drug-likeness (QED) is 0.410. The highest BCUT2D eigenvalue weighted by Gasteiger charge is 2.32. The van der Waals surface area contributed by atoms with Crippen LogP contribution in [0, 0.1) is 5.41 Å². The van der Waals surface area contributed by atoms with Gasteiger partial charge in [0.15, 0.2) is 0 Å². The number of benzene rings is 1. The zero-order valence-electron chi connectivity index (χ0n) is 13.7. The first kappa shape index (κ1) is 17.8. The molecule has 0 amide bonds. The molecule has 0 aliphatic rings. The third-order valence-electron chi connectivity index (χ3n) is 3.55. The lowest BCUT2D eigenvalue weighted by atomic mass is 9.81. The van der Waals surface area contributed by atoms with E-state index in [1.807, 2.05) is 6.07 Å². The topological polar surface area (TPSA) is 15.6 Å². The van der Waals surface area contributed by atoms with Crippen molar-refractivity contribution in [1.82, 2.24) is 5.01 Å². The van der Waals surface area contributed by atoms with Gasteiger partial charge in [-0.15, -0.1) is 0 Å². The molecule has 0 aromatic heterocycles. The van der Waals surface area contributed by atoms with E-state index in [0.717, 1.165) is 18.6 Å². The summed E-state index contributed by atoms with van der Waals surface area (Å²) in [4.78, 5) is 0. The first-order valence-electron chi connectivity index (χ1n) is 7.52. The Morgan fingerprint density at radius 1 is 1.33 bits per heavy atom. The second kappa shape index (κ2) is 8.28. The summed E-state index contributed by atoms with van der Waals surface area (Å²) in [6, 6.07) is 10.7. The summed E-state index contributed by atoms with van der Waals surface area (Å²) < 4.78 is 0. The molecule has 1 aromatic carbocycles. The highest BCUT2D eigenvalue weighted by Crippen LogP contribution is 2.40. The van der Waals surface area contributed by atoms with Gasteiger partial charge in [-0.2, -0.15) is 17.7 Å². The molecule has 0 saturated carbocycles. The van der Waals surface area contributed by atoms with E-state index in [4.69, 9.17) is 0 Å². The molecule has 0 bridgehead atoms. The van der Waals surface area contributed by atoms with Crippen molar-refractivity contribution in [2.24, 2.45) is 10.5 Å². The fourth-order valence-corrected chi connectivity index (χ4v) is 2.79. The maximum atomic E-state index is 4.35. The Balaban J connectivity index is 3.19. The van der Waals surface area contributed by atoms with Crippen LogP contribution in [0.4, 0.5) is 0 Å². The Labute approximate surface area is 135 Å². The fraction of sp³-hybridized carbons (Fsp3) is 0.500. The summed E-state index contributed by atoms with van der Waals surface area (Å²) in [5.74, 6) is 0.883. The van der Waals surface area contributed by atoms with Crippen LogP contribution in [-0.2, 0) is 0 Å². The average Bonchev–Trinajstić information content (AvgIpc) is 2.46. The van der Waals surface area contributed by atoms with E-state index < -0.39 is 0 Å². The minimum Gasteiger partial charge on any atom is -0.263 e. The van der Waals surface area contributed by atoms with Gasteiger partial charge in [0, 0.05) is 12.4 Å².